The van der Waals surface area contributed by atoms with Gasteiger partial charge in [0.15, 0.2) is 0 Å². The maximum absolute atomic E-state index is 7.37. The largest absolute Gasteiger partial charge is 0.400 e. The van der Waals surface area contributed by atoms with Gasteiger partial charge < -0.3 is 51.9 Å². The standard InChI is InChI=1S/C28H72O12S4Si8/c1-29-45(9,30-2)25-17-21-41-49(13)37-50(14,42-22-18-26-46(10,31-3)32-4)39-52(16,44-24-20-28-48(12,35-7)36-8)40-51(15,38-49)43-23-19-27-47(11,33-5)34-6/h17-28H2,1-16H3. The molecule has 0 aromatic heterocycles. The first-order valence-electron chi connectivity index (χ1n) is 17.9. The molecule has 1 heterocycles. The second-order valence-electron chi connectivity index (χ2n) is 13.8. The topological polar surface area (TPSA) is 111 Å². The predicted molar refractivity (Wildman–Crippen MR) is 241 cm³/mol. The zero-order valence-corrected chi connectivity index (χ0v) is 46.3. The summed E-state index contributed by atoms with van der Waals surface area (Å²) < 4.78 is 75.7. The highest BCUT2D eigenvalue weighted by atomic mass is 32.4. The fraction of sp³-hybridized carbons (Fsp3) is 1.00. The van der Waals surface area contributed by atoms with E-state index >= 15 is 0 Å². The Morgan fingerprint density at radius 2 is 0.500 bits per heavy atom. The molecule has 0 aliphatic carbocycles. The molecule has 0 spiro atoms. The predicted octanol–water partition coefficient (Wildman–Crippen LogP) is 8.29. The molecular formula is C28H72O12S4Si8. The molecule has 0 unspecified atom stereocenters. The van der Waals surface area contributed by atoms with E-state index in [-0.39, 0.29) is 0 Å². The van der Waals surface area contributed by atoms with E-state index in [1.807, 2.05) is 44.8 Å². The molecule has 0 saturated carbocycles. The summed E-state index contributed by atoms with van der Waals surface area (Å²) in [7, 11) is -6.25. The average Bonchev–Trinajstić information content (AvgIpc) is 3.11. The SMILES string of the molecule is CO[Si](C)(CCCS[Si]1(C)O[Si](C)(SCCC[Si](C)(OC)OC)O[Si](C)(SCCC[Si](C)(OC)OC)O[Si](C)(SCCC[Si](C)(OC)OC)O1)OC. The first-order valence-corrected chi connectivity index (χ1v) is 44.1. The van der Waals surface area contributed by atoms with Gasteiger partial charge in [0.2, 0.25) is 0 Å². The minimum Gasteiger partial charge on any atom is -0.400 e. The quantitative estimate of drug-likeness (QED) is 0.0554. The minimum atomic E-state index is -2.88. The number of hydrogen-bond donors (Lipinski definition) is 0. The summed E-state index contributed by atoms with van der Waals surface area (Å²) >= 11 is 7.31. The van der Waals surface area contributed by atoms with E-state index in [0.29, 0.717) is 0 Å². The first-order chi connectivity index (χ1) is 24.1. The lowest BCUT2D eigenvalue weighted by molar-refractivity contribution is 0.249. The van der Waals surface area contributed by atoms with Gasteiger partial charge in [0.05, 0.1) is 0 Å². The van der Waals surface area contributed by atoms with Gasteiger partial charge in [-0.3, -0.25) is 0 Å². The van der Waals surface area contributed by atoms with Crippen molar-refractivity contribution in [3.05, 3.63) is 0 Å². The minimum absolute atomic E-state index is 0.880. The van der Waals surface area contributed by atoms with E-state index in [9.17, 15) is 0 Å². The third kappa shape index (κ3) is 18.7. The highest BCUT2D eigenvalue weighted by Gasteiger charge is 2.59. The van der Waals surface area contributed by atoms with E-state index in [2.05, 4.69) is 52.4 Å². The lowest BCUT2D eigenvalue weighted by Crippen LogP contribution is -2.64. The maximum Gasteiger partial charge on any atom is 0.386 e. The van der Waals surface area contributed by atoms with Crippen molar-refractivity contribution in [2.45, 2.75) is 102 Å². The fourth-order valence-corrected chi connectivity index (χ4v) is 53.3. The van der Waals surface area contributed by atoms with Crippen molar-refractivity contribution >= 4 is 110 Å². The van der Waals surface area contributed by atoms with Crippen LogP contribution in [0.5, 0.6) is 0 Å². The van der Waals surface area contributed by atoms with Crippen LogP contribution < -0.4 is 0 Å². The van der Waals surface area contributed by atoms with Crippen LogP contribution in [0.1, 0.15) is 25.7 Å². The second kappa shape index (κ2) is 24.0. The molecule has 1 aliphatic rings. The highest BCUT2D eigenvalue weighted by molar-refractivity contribution is 8.33. The summed E-state index contributed by atoms with van der Waals surface area (Å²) in [4.78, 5) is 0. The number of rotatable bonds is 28. The molecule has 0 radical (unpaired) electrons. The molecule has 312 valence electrons. The van der Waals surface area contributed by atoms with Gasteiger partial charge in [0.1, 0.15) is 0 Å². The van der Waals surface area contributed by atoms with Crippen molar-refractivity contribution < 1.29 is 51.9 Å². The second-order valence-corrected chi connectivity index (χ2v) is 53.5. The van der Waals surface area contributed by atoms with Crippen LogP contribution in [0.25, 0.3) is 0 Å². The Labute approximate surface area is 341 Å². The summed E-state index contributed by atoms with van der Waals surface area (Å²) in [5.41, 5.74) is 0. The van der Waals surface area contributed by atoms with Gasteiger partial charge in [0.25, 0.3) is 0 Å². The zero-order chi connectivity index (χ0) is 39.8. The molecular weight excluding hydrogens is 881 g/mol. The van der Waals surface area contributed by atoms with Crippen molar-refractivity contribution in [2.24, 2.45) is 0 Å². The van der Waals surface area contributed by atoms with Crippen LogP contribution in [-0.2, 0) is 51.9 Å². The van der Waals surface area contributed by atoms with E-state index in [0.717, 1.165) is 72.9 Å². The Morgan fingerprint density at radius 3 is 0.635 bits per heavy atom. The molecule has 0 aromatic carbocycles. The summed E-state index contributed by atoms with van der Waals surface area (Å²) in [6, 6.07) is 3.60. The molecule has 1 fully saturated rings. The summed E-state index contributed by atoms with van der Waals surface area (Å²) in [6.07, 6.45) is 3.80. The normalized spacial score (nSPS) is 26.8. The highest BCUT2D eigenvalue weighted by Crippen LogP contribution is 2.46. The molecule has 0 bridgehead atoms. The van der Waals surface area contributed by atoms with Crippen molar-refractivity contribution in [3.8, 4) is 0 Å². The molecule has 0 aromatic rings. The Morgan fingerprint density at radius 1 is 0.346 bits per heavy atom. The van der Waals surface area contributed by atoms with Gasteiger partial charge in [-0.05, 0) is 125 Å². The first kappa shape index (κ1) is 52.7. The van der Waals surface area contributed by atoms with Crippen molar-refractivity contribution in [2.75, 3.05) is 79.9 Å². The van der Waals surface area contributed by atoms with Crippen molar-refractivity contribution in [1.82, 2.24) is 0 Å². The van der Waals surface area contributed by atoms with Crippen LogP contribution in [0.4, 0.5) is 0 Å². The van der Waals surface area contributed by atoms with E-state index in [1.54, 1.807) is 56.9 Å². The van der Waals surface area contributed by atoms with Crippen LogP contribution in [0, 0.1) is 0 Å². The lowest BCUT2D eigenvalue weighted by atomic mass is 10.6. The Hall–Kier alpha value is 2.66. The molecule has 0 amide bonds. The average molecular weight is 954 g/mol. The van der Waals surface area contributed by atoms with E-state index in [1.165, 1.54) is 0 Å². The van der Waals surface area contributed by atoms with Crippen LogP contribution in [0.3, 0.4) is 0 Å². The summed E-state index contributed by atoms with van der Waals surface area (Å²) in [5, 5.41) is 0. The van der Waals surface area contributed by atoms with E-state index in [4.69, 9.17) is 51.9 Å². The van der Waals surface area contributed by atoms with Gasteiger partial charge >= 0.3 is 65.1 Å². The molecule has 24 heteroatoms. The smallest absolute Gasteiger partial charge is 0.386 e. The van der Waals surface area contributed by atoms with Gasteiger partial charge in [-0.2, -0.15) is 0 Å². The summed E-state index contributed by atoms with van der Waals surface area (Å²) in [5.74, 6) is 3.52. The maximum atomic E-state index is 7.37. The lowest BCUT2D eigenvalue weighted by Gasteiger charge is -2.48. The monoisotopic (exact) mass is 952 g/mol. The third-order valence-electron chi connectivity index (χ3n) is 9.50. The Bertz CT molecular complexity index is 844. The Kier molecular flexibility index (Phi) is 24.4. The van der Waals surface area contributed by atoms with E-state index < -0.39 is 65.1 Å². The molecule has 52 heavy (non-hydrogen) atoms. The van der Waals surface area contributed by atoms with Gasteiger partial charge in [0, 0.05) is 56.9 Å². The van der Waals surface area contributed by atoms with Gasteiger partial charge in [-0.15, -0.1) is 44.8 Å². The third-order valence-corrected chi connectivity index (χ3v) is 52.1. The molecule has 1 aliphatic heterocycles. The van der Waals surface area contributed by atoms with Crippen LogP contribution in [0.15, 0.2) is 0 Å². The fourth-order valence-electron chi connectivity index (χ4n) is 5.42. The Balaban J connectivity index is 3.42. The van der Waals surface area contributed by atoms with Crippen LogP contribution in [-0.4, -0.2) is 145 Å². The molecule has 1 saturated heterocycles. The summed E-state index contributed by atoms with van der Waals surface area (Å²) in [6.45, 7) is 17.2. The van der Waals surface area contributed by atoms with Gasteiger partial charge in [-0.25, -0.2) is 0 Å². The molecule has 0 N–H and O–H groups in total. The van der Waals surface area contributed by atoms with Gasteiger partial charge in [-0.1, -0.05) is 0 Å². The zero-order valence-electron chi connectivity index (χ0n) is 35.0. The van der Waals surface area contributed by atoms with Crippen LogP contribution in [0.2, 0.25) is 76.6 Å². The molecule has 1 rings (SSSR count). The van der Waals surface area contributed by atoms with Crippen molar-refractivity contribution in [3.63, 3.8) is 0 Å². The molecule has 12 nitrogen and oxygen atoms in total. The van der Waals surface area contributed by atoms with Crippen molar-refractivity contribution in [1.29, 1.82) is 0 Å². The number of hydrogen-bond acceptors (Lipinski definition) is 16. The molecule has 0 atom stereocenters. The van der Waals surface area contributed by atoms with Crippen LogP contribution >= 0.6 is 44.8 Å².